The lowest BCUT2D eigenvalue weighted by atomic mass is 9.70. The first kappa shape index (κ1) is 47.2. The number of aliphatic hydroxyl groups excluding tert-OH is 10. The van der Waals surface area contributed by atoms with Crippen LogP contribution in [0.15, 0.2) is 0 Å². The molecule has 4 aliphatic rings. The molecule has 4 aliphatic carbocycles. The van der Waals surface area contributed by atoms with E-state index in [1.54, 1.807) is 0 Å². The highest BCUT2D eigenvalue weighted by Crippen LogP contribution is 2.39. The first-order valence-electron chi connectivity index (χ1n) is 19.5. The number of carbonyl (C=O) groups is 1. The molecule has 0 spiro atoms. The fourth-order valence-corrected chi connectivity index (χ4v) is 9.55. The van der Waals surface area contributed by atoms with Crippen LogP contribution in [-0.4, -0.2) is 184 Å². The monoisotopic (exact) mass is 781 g/mol. The van der Waals surface area contributed by atoms with Crippen molar-refractivity contribution < 1.29 is 79.6 Å². The lowest BCUT2D eigenvalue weighted by Gasteiger charge is -2.44. The highest BCUT2D eigenvalue weighted by Gasteiger charge is 2.47. The van der Waals surface area contributed by atoms with Crippen LogP contribution in [0.4, 0.5) is 0 Å². The second-order valence-electron chi connectivity index (χ2n) is 16.3. The topological polar surface area (TPSA) is 278 Å². The van der Waals surface area contributed by atoms with E-state index < -0.39 is 102 Å². The molecule has 0 amide bonds. The van der Waals surface area contributed by atoms with Gasteiger partial charge in [-0.05, 0) is 43.4 Å². The van der Waals surface area contributed by atoms with Gasteiger partial charge in [0.1, 0.15) is 12.4 Å². The van der Waals surface area contributed by atoms with Gasteiger partial charge in [-0.1, -0.05) is 20.3 Å². The van der Waals surface area contributed by atoms with E-state index >= 15 is 0 Å². The third-order valence-electron chi connectivity index (χ3n) is 13.2. The van der Waals surface area contributed by atoms with Crippen molar-refractivity contribution in [3.63, 3.8) is 0 Å². The molecule has 0 radical (unpaired) electrons. The second-order valence-corrected chi connectivity index (χ2v) is 16.3. The maximum absolute atomic E-state index is 12.1. The molecule has 16 nitrogen and oxygen atoms in total. The summed E-state index contributed by atoms with van der Waals surface area (Å²) in [5, 5.41) is 106. The Kier molecular flexibility index (Phi) is 19.8. The largest absolute Gasteiger partial charge is 0.396 e. The molecule has 316 valence electrons. The maximum Gasteiger partial charge on any atom is 0.270 e. The Bertz CT molecular complexity index is 1070. The van der Waals surface area contributed by atoms with Crippen LogP contribution in [0.5, 0.6) is 0 Å². The normalized spacial score (nSPS) is 45.6. The molecule has 11 N–H and O–H groups in total. The van der Waals surface area contributed by atoms with Crippen LogP contribution in [0, 0.1) is 65.1 Å². The minimum Gasteiger partial charge on any atom is -0.396 e. The van der Waals surface area contributed by atoms with Crippen molar-refractivity contribution in [2.75, 3.05) is 60.0 Å². The molecule has 0 aromatic carbocycles. The third kappa shape index (κ3) is 11.0. The van der Waals surface area contributed by atoms with Crippen LogP contribution in [0.1, 0.15) is 46.0 Å². The summed E-state index contributed by atoms with van der Waals surface area (Å²) in [4.78, 5) is 18.9. The Morgan fingerprint density at radius 3 is 1.50 bits per heavy atom. The van der Waals surface area contributed by atoms with Gasteiger partial charge in [0, 0.05) is 67.7 Å². The molecule has 0 saturated heterocycles. The van der Waals surface area contributed by atoms with Crippen molar-refractivity contribution in [1.29, 1.82) is 0 Å². The summed E-state index contributed by atoms with van der Waals surface area (Å²) < 4.78 is 22.9. The number of aldehydes is 1. The summed E-state index contributed by atoms with van der Waals surface area (Å²) in [5.41, 5.74) is 0. The molecule has 4 fully saturated rings. The average molecular weight is 782 g/mol. The SMILES string of the molecule is C=[OH+].CCC1CC(C)C(COCC2CC(CO)C(COCC3CC(C=O)C(COCC4CC(CO)C(O)C(OC)C4O)C(O)C3O)C(O)C2O)C(O)C1O. The van der Waals surface area contributed by atoms with Gasteiger partial charge in [-0.15, -0.1) is 0 Å². The number of methoxy groups -OCH3 is 1. The van der Waals surface area contributed by atoms with Crippen molar-refractivity contribution >= 4 is 13.1 Å². The van der Waals surface area contributed by atoms with E-state index in [1.807, 2.05) is 13.8 Å². The number of aliphatic hydroxyl groups is 10. The standard InChI is InChI=1S/C37H66O15.CH2O/c1-4-19-5-18(2)26(34(46)29(19)41)15-50-12-23-6-20(9-38)27(35(47)30(23)42)16-51-13-24-7-21(10-39)28(36(48)31(24)43)17-52-14-25-8-22(11-40)32(44)37(49-3)33(25)45;1-2/h10,18-38,40-48H,4-9,11-17H2,1-3H3;1H2/p+1. The highest BCUT2D eigenvalue weighted by atomic mass is 16.5. The summed E-state index contributed by atoms with van der Waals surface area (Å²) in [5.74, 6) is -4.55. The minimum atomic E-state index is -1.31. The van der Waals surface area contributed by atoms with Crippen molar-refractivity contribution in [3.8, 4) is 0 Å². The van der Waals surface area contributed by atoms with Crippen LogP contribution >= 0.6 is 0 Å². The van der Waals surface area contributed by atoms with Gasteiger partial charge in [0.2, 0.25) is 0 Å². The smallest absolute Gasteiger partial charge is 0.270 e. The number of carbonyl (C=O) groups excluding carboxylic acids is 2. The van der Waals surface area contributed by atoms with Gasteiger partial charge < -0.3 is 74.8 Å². The van der Waals surface area contributed by atoms with Crippen LogP contribution in [0.2, 0.25) is 0 Å². The van der Waals surface area contributed by atoms with E-state index in [2.05, 4.69) is 6.79 Å². The molecule has 0 aliphatic heterocycles. The van der Waals surface area contributed by atoms with Crippen molar-refractivity contribution in [2.45, 2.75) is 101 Å². The van der Waals surface area contributed by atoms with Crippen LogP contribution < -0.4 is 0 Å². The Labute approximate surface area is 318 Å². The number of hydrogen-bond acceptors (Lipinski definition) is 15. The van der Waals surface area contributed by atoms with E-state index in [0.717, 1.165) is 19.1 Å². The summed E-state index contributed by atoms with van der Waals surface area (Å²) in [6, 6.07) is 0. The Hall–Kier alpha value is -1.22. The summed E-state index contributed by atoms with van der Waals surface area (Å²) in [6.45, 7) is 5.91. The fraction of sp³-hybridized carbons (Fsp3) is 0.947. The number of rotatable bonds is 17. The summed E-state index contributed by atoms with van der Waals surface area (Å²) >= 11 is 0. The second kappa shape index (κ2) is 22.6. The van der Waals surface area contributed by atoms with Crippen molar-refractivity contribution in [1.82, 2.24) is 0 Å². The van der Waals surface area contributed by atoms with Gasteiger partial charge in [-0.2, -0.15) is 0 Å². The fourth-order valence-electron chi connectivity index (χ4n) is 9.55. The van der Waals surface area contributed by atoms with Gasteiger partial charge in [0.15, 0.2) is 0 Å². The number of hydrogen-bond donors (Lipinski definition) is 10. The zero-order chi connectivity index (χ0) is 40.3. The average Bonchev–Trinajstić information content (AvgIpc) is 3.17. The van der Waals surface area contributed by atoms with Crippen molar-refractivity contribution in [2.24, 2.45) is 65.1 Å². The lowest BCUT2D eigenvalue weighted by molar-refractivity contribution is -0.172. The van der Waals surface area contributed by atoms with E-state index in [1.165, 1.54) is 7.11 Å². The quantitative estimate of drug-likeness (QED) is 0.0551. The predicted molar refractivity (Wildman–Crippen MR) is 193 cm³/mol. The van der Waals surface area contributed by atoms with Crippen LogP contribution in [-0.2, 0) is 23.7 Å². The Morgan fingerprint density at radius 2 is 0.981 bits per heavy atom. The van der Waals surface area contributed by atoms with Gasteiger partial charge in [0.05, 0.1) is 88.5 Å². The molecule has 4 saturated carbocycles. The van der Waals surface area contributed by atoms with Crippen LogP contribution in [0.25, 0.3) is 0 Å². The van der Waals surface area contributed by atoms with E-state index in [4.69, 9.17) is 23.7 Å². The summed E-state index contributed by atoms with van der Waals surface area (Å²) in [6.07, 6.45) is -6.50. The lowest BCUT2D eigenvalue weighted by Crippen LogP contribution is -2.54. The van der Waals surface area contributed by atoms with Gasteiger partial charge in [0.25, 0.3) is 6.79 Å². The Balaban J connectivity index is 0.00000385. The predicted octanol–water partition coefficient (Wildman–Crippen LogP) is -2.26. The molecule has 4 rings (SSSR count). The molecule has 20 atom stereocenters. The first-order chi connectivity index (χ1) is 25.8. The molecular weight excluding hydrogens is 712 g/mol. The molecule has 16 heteroatoms. The number of ether oxygens (including phenoxy) is 4. The molecule has 0 aromatic heterocycles. The van der Waals surface area contributed by atoms with Gasteiger partial charge in [-0.25, -0.2) is 0 Å². The molecule has 54 heavy (non-hydrogen) atoms. The molecule has 0 bridgehead atoms. The molecule has 20 unspecified atom stereocenters. The minimum absolute atomic E-state index is 0.0304. The highest BCUT2D eigenvalue weighted by molar-refractivity contribution is 5.54. The van der Waals surface area contributed by atoms with Crippen molar-refractivity contribution in [3.05, 3.63) is 0 Å². The van der Waals surface area contributed by atoms with Crippen LogP contribution in [0.3, 0.4) is 0 Å². The summed E-state index contributed by atoms with van der Waals surface area (Å²) in [7, 11) is 1.36. The van der Waals surface area contributed by atoms with E-state index in [9.17, 15) is 55.9 Å². The Morgan fingerprint density at radius 1 is 0.556 bits per heavy atom. The zero-order valence-electron chi connectivity index (χ0n) is 32.0. The van der Waals surface area contributed by atoms with E-state index in [-0.39, 0.29) is 77.0 Å². The molecule has 0 heterocycles. The zero-order valence-corrected chi connectivity index (χ0v) is 32.0. The van der Waals surface area contributed by atoms with Gasteiger partial charge >= 0.3 is 0 Å². The maximum atomic E-state index is 12.1. The van der Waals surface area contributed by atoms with E-state index in [0.29, 0.717) is 12.8 Å². The third-order valence-corrected chi connectivity index (χ3v) is 13.2. The van der Waals surface area contributed by atoms with Gasteiger partial charge in [-0.3, -0.25) is 4.79 Å². The molecule has 0 aromatic rings. The molecular formula is C38H69O16+. The first-order valence-corrected chi connectivity index (χ1v) is 19.5.